The van der Waals surface area contributed by atoms with E-state index in [4.69, 9.17) is 11.5 Å². The number of nitrogens with two attached hydrogens (primary N) is 2. The molecule has 19 heavy (non-hydrogen) atoms. The fourth-order valence-corrected chi connectivity index (χ4v) is 5.54. The van der Waals surface area contributed by atoms with E-state index in [1.54, 1.807) is 0 Å². The Morgan fingerprint density at radius 2 is 1.05 bits per heavy atom. The van der Waals surface area contributed by atoms with Crippen LogP contribution in [0, 0.1) is 11.8 Å². The van der Waals surface area contributed by atoms with Crippen molar-refractivity contribution in [1.29, 1.82) is 0 Å². The normalized spacial score (nSPS) is 14.3. The molecule has 0 aromatic rings. The van der Waals surface area contributed by atoms with Gasteiger partial charge >= 0.3 is 0 Å². The fraction of sp³-hybridized carbons (Fsp3) is 1.00. The van der Waals surface area contributed by atoms with Crippen molar-refractivity contribution >= 4 is 19.7 Å². The lowest BCUT2D eigenvalue weighted by Crippen LogP contribution is -2.63. The summed E-state index contributed by atoms with van der Waals surface area (Å²) < 4.78 is 45.4. The van der Waals surface area contributed by atoms with E-state index in [-0.39, 0.29) is 23.3 Å². The number of hydrogen-bond acceptors (Lipinski definition) is 6. The molecule has 0 rings (SSSR count). The highest BCUT2D eigenvalue weighted by molar-refractivity contribution is 8.10. The largest absolute Gasteiger partial charge is 0.288 e. The highest BCUT2D eigenvalue weighted by Crippen LogP contribution is 2.19. The summed E-state index contributed by atoms with van der Waals surface area (Å²) in [5.41, 5.74) is 10.9. The van der Waals surface area contributed by atoms with Gasteiger partial charge in [0, 0.05) is 0 Å². The molecule has 0 radical (unpaired) electrons. The fourth-order valence-electron chi connectivity index (χ4n) is 1.29. The monoisotopic (exact) mass is 314 g/mol. The van der Waals surface area contributed by atoms with Crippen LogP contribution in [0.1, 0.15) is 40.5 Å². The van der Waals surface area contributed by atoms with Crippen LogP contribution in [0.25, 0.3) is 0 Å². The Hall–Kier alpha value is -0.180. The second kappa shape index (κ2) is 6.51. The Bertz CT molecular complexity index is 435. The molecular formula is C11H26N2O4S2. The van der Waals surface area contributed by atoms with Crippen LogP contribution in [-0.4, -0.2) is 32.7 Å². The van der Waals surface area contributed by atoms with Crippen LogP contribution in [0.2, 0.25) is 0 Å². The van der Waals surface area contributed by atoms with Crippen LogP contribution in [0.5, 0.6) is 0 Å². The molecule has 0 heterocycles. The molecule has 0 aromatic carbocycles. The highest BCUT2D eigenvalue weighted by Gasteiger charge is 2.47. The molecule has 0 fully saturated rings. The second-order valence-electron chi connectivity index (χ2n) is 5.72. The predicted octanol–water partition coefficient (Wildman–Crippen LogP) is 0.437. The van der Waals surface area contributed by atoms with Gasteiger partial charge in [-0.3, -0.25) is 11.5 Å². The van der Waals surface area contributed by atoms with Gasteiger partial charge in [0.05, 0.1) is 11.5 Å². The van der Waals surface area contributed by atoms with Crippen molar-refractivity contribution in [3.8, 4) is 0 Å². The minimum Gasteiger partial charge on any atom is -0.288 e. The molecule has 0 spiro atoms. The van der Waals surface area contributed by atoms with Gasteiger partial charge in [0.2, 0.25) is 0 Å². The first-order chi connectivity index (χ1) is 8.33. The summed E-state index contributed by atoms with van der Waals surface area (Å²) in [6.07, 6.45) is 0.663. The Morgan fingerprint density at radius 1 is 0.789 bits per heavy atom. The maximum atomic E-state index is 12.0. The van der Waals surface area contributed by atoms with E-state index in [2.05, 4.69) is 0 Å². The molecule has 0 bridgehead atoms. The third-order valence-electron chi connectivity index (χ3n) is 2.90. The van der Waals surface area contributed by atoms with E-state index in [1.807, 2.05) is 27.7 Å². The van der Waals surface area contributed by atoms with Crippen LogP contribution >= 0.6 is 0 Å². The molecule has 0 aliphatic carbocycles. The first-order valence-electron chi connectivity index (χ1n) is 6.36. The third kappa shape index (κ3) is 5.02. The lowest BCUT2D eigenvalue weighted by atomic mass is 10.2. The topological polar surface area (TPSA) is 120 Å². The Balaban J connectivity index is 5.13. The standard InChI is InChI=1S/C11H26N2O4S2/c1-9(2)5-7-18(14,15)11(12,13)19(16,17)8-6-10(3)4/h9-10H,5-8,12-13H2,1-4H3. The molecule has 0 atom stereocenters. The molecular weight excluding hydrogens is 288 g/mol. The molecule has 116 valence electrons. The number of sulfone groups is 2. The maximum absolute atomic E-state index is 12.0. The molecule has 4 N–H and O–H groups in total. The van der Waals surface area contributed by atoms with Gasteiger partial charge in [-0.15, -0.1) is 0 Å². The summed E-state index contributed by atoms with van der Waals surface area (Å²) in [6, 6.07) is 0. The molecule has 6 nitrogen and oxygen atoms in total. The van der Waals surface area contributed by atoms with E-state index in [0.717, 1.165) is 0 Å². The van der Waals surface area contributed by atoms with E-state index < -0.39 is 24.0 Å². The van der Waals surface area contributed by atoms with Crippen LogP contribution in [-0.2, 0) is 19.7 Å². The van der Waals surface area contributed by atoms with Gasteiger partial charge in [0.25, 0.3) is 4.33 Å². The van der Waals surface area contributed by atoms with Gasteiger partial charge in [0.1, 0.15) is 0 Å². The van der Waals surface area contributed by atoms with Crippen molar-refractivity contribution in [2.75, 3.05) is 11.5 Å². The maximum Gasteiger partial charge on any atom is 0.272 e. The smallest absolute Gasteiger partial charge is 0.272 e. The first kappa shape index (κ1) is 18.8. The SMILES string of the molecule is CC(C)CCS(=O)(=O)C(N)(N)S(=O)(=O)CCC(C)C. The first-order valence-corrected chi connectivity index (χ1v) is 9.66. The number of rotatable bonds is 8. The van der Waals surface area contributed by atoms with Crippen molar-refractivity contribution in [2.45, 2.75) is 44.9 Å². The minimum atomic E-state index is -4.09. The number of hydrogen-bond donors (Lipinski definition) is 2. The third-order valence-corrected chi connectivity index (χ3v) is 7.91. The zero-order valence-electron chi connectivity index (χ0n) is 12.1. The van der Waals surface area contributed by atoms with Crippen LogP contribution in [0.15, 0.2) is 0 Å². The van der Waals surface area contributed by atoms with E-state index in [0.29, 0.717) is 12.8 Å². The summed E-state index contributed by atoms with van der Waals surface area (Å²) in [6.45, 7) is 7.38. The molecule has 0 unspecified atom stereocenters. The summed E-state index contributed by atoms with van der Waals surface area (Å²) in [4.78, 5) is 0. The van der Waals surface area contributed by atoms with Gasteiger partial charge in [-0.25, -0.2) is 16.8 Å². The average Bonchev–Trinajstić information content (AvgIpc) is 2.23. The van der Waals surface area contributed by atoms with Gasteiger partial charge in [0.15, 0.2) is 19.7 Å². The highest BCUT2D eigenvalue weighted by atomic mass is 32.3. The quantitative estimate of drug-likeness (QED) is 0.627. The zero-order chi connectivity index (χ0) is 15.5. The summed E-state index contributed by atoms with van der Waals surface area (Å²) >= 11 is 0. The summed E-state index contributed by atoms with van der Waals surface area (Å²) in [7, 11) is -8.19. The Kier molecular flexibility index (Phi) is 6.45. The van der Waals surface area contributed by atoms with Gasteiger partial charge in [-0.05, 0) is 24.7 Å². The molecule has 0 saturated heterocycles. The van der Waals surface area contributed by atoms with Gasteiger partial charge in [-0.1, -0.05) is 27.7 Å². The molecule has 0 aromatic heterocycles. The summed E-state index contributed by atoms with van der Waals surface area (Å²) in [5.74, 6) is -0.384. The average molecular weight is 314 g/mol. The van der Waals surface area contributed by atoms with Crippen LogP contribution in [0.4, 0.5) is 0 Å². The lowest BCUT2D eigenvalue weighted by Gasteiger charge is -2.25. The Labute approximate surface area is 116 Å². The van der Waals surface area contributed by atoms with E-state index in [1.165, 1.54) is 0 Å². The van der Waals surface area contributed by atoms with Crippen molar-refractivity contribution < 1.29 is 16.8 Å². The van der Waals surface area contributed by atoms with Crippen LogP contribution in [0.3, 0.4) is 0 Å². The lowest BCUT2D eigenvalue weighted by molar-refractivity contribution is 0.529. The zero-order valence-corrected chi connectivity index (χ0v) is 13.7. The van der Waals surface area contributed by atoms with Crippen molar-refractivity contribution in [3.05, 3.63) is 0 Å². The molecule has 0 amide bonds. The minimum absolute atomic E-state index is 0.129. The molecule has 0 saturated carbocycles. The van der Waals surface area contributed by atoms with Crippen molar-refractivity contribution in [2.24, 2.45) is 23.3 Å². The van der Waals surface area contributed by atoms with Gasteiger partial charge in [-0.2, -0.15) is 0 Å². The molecule has 0 aliphatic rings. The van der Waals surface area contributed by atoms with Gasteiger partial charge < -0.3 is 0 Å². The summed E-state index contributed by atoms with van der Waals surface area (Å²) in [5, 5.41) is 0. The van der Waals surface area contributed by atoms with E-state index >= 15 is 0 Å². The van der Waals surface area contributed by atoms with E-state index in [9.17, 15) is 16.8 Å². The Morgan fingerprint density at radius 3 is 1.26 bits per heavy atom. The van der Waals surface area contributed by atoms with Crippen molar-refractivity contribution in [3.63, 3.8) is 0 Å². The van der Waals surface area contributed by atoms with Crippen molar-refractivity contribution in [1.82, 2.24) is 0 Å². The second-order valence-corrected chi connectivity index (χ2v) is 10.6. The van der Waals surface area contributed by atoms with Crippen LogP contribution < -0.4 is 11.5 Å². The molecule has 8 heteroatoms. The predicted molar refractivity (Wildman–Crippen MR) is 77.6 cm³/mol. The molecule has 0 aliphatic heterocycles.